The van der Waals surface area contributed by atoms with Crippen LogP contribution in [0, 0.1) is 12.8 Å². The van der Waals surface area contributed by atoms with E-state index in [1.165, 1.54) is 0 Å². The van der Waals surface area contributed by atoms with Gasteiger partial charge < -0.3 is 16.2 Å². The van der Waals surface area contributed by atoms with E-state index < -0.39 is 0 Å². The van der Waals surface area contributed by atoms with Crippen molar-refractivity contribution in [3.63, 3.8) is 0 Å². The van der Waals surface area contributed by atoms with Crippen LogP contribution in [0.2, 0.25) is 0 Å². The van der Waals surface area contributed by atoms with Crippen LogP contribution in [-0.2, 0) is 0 Å². The number of hydrogen-bond donors (Lipinski definition) is 4. The smallest absolute Gasteiger partial charge is 0.273 e. The van der Waals surface area contributed by atoms with Gasteiger partial charge in [-0.05, 0) is 12.8 Å². The van der Waals surface area contributed by atoms with Gasteiger partial charge >= 0.3 is 0 Å². The monoisotopic (exact) mass is 212 g/mol. The summed E-state index contributed by atoms with van der Waals surface area (Å²) in [4.78, 5) is 11.5. The van der Waals surface area contributed by atoms with E-state index in [1.807, 2.05) is 6.92 Å². The molecule has 0 saturated heterocycles. The van der Waals surface area contributed by atoms with Crippen molar-refractivity contribution in [2.75, 3.05) is 18.9 Å². The van der Waals surface area contributed by atoms with Gasteiger partial charge in [-0.25, -0.2) is 0 Å². The number of aryl methyl sites for hydroxylation is 1. The van der Waals surface area contributed by atoms with Crippen molar-refractivity contribution in [2.45, 2.75) is 13.8 Å². The van der Waals surface area contributed by atoms with E-state index in [1.54, 1.807) is 6.92 Å². The maximum absolute atomic E-state index is 11.5. The molecule has 0 aromatic carbocycles. The fourth-order valence-electron chi connectivity index (χ4n) is 1.03. The first-order chi connectivity index (χ1) is 7.06. The number of aromatic nitrogens is 2. The molecule has 1 aromatic heterocycles. The molecule has 0 bridgehead atoms. The molecule has 0 saturated carbocycles. The molecule has 0 spiro atoms. The van der Waals surface area contributed by atoms with Gasteiger partial charge in [0.15, 0.2) is 5.69 Å². The topological polar surface area (TPSA) is 104 Å². The molecule has 1 heterocycles. The summed E-state index contributed by atoms with van der Waals surface area (Å²) in [5, 5.41) is 17.9. The quantitative estimate of drug-likeness (QED) is 0.548. The predicted octanol–water partition coefficient (Wildman–Crippen LogP) is -0.341. The maximum atomic E-state index is 11.5. The molecule has 0 aliphatic carbocycles. The Morgan fingerprint density at radius 2 is 2.40 bits per heavy atom. The highest BCUT2D eigenvalue weighted by molar-refractivity contribution is 5.97. The van der Waals surface area contributed by atoms with Gasteiger partial charge in [0.1, 0.15) is 0 Å². The number of nitrogens with one attached hydrogen (secondary N) is 2. The highest BCUT2D eigenvalue weighted by Crippen LogP contribution is 2.11. The Balaban J connectivity index is 2.58. The van der Waals surface area contributed by atoms with Gasteiger partial charge in [-0.1, -0.05) is 6.92 Å². The first kappa shape index (κ1) is 11.5. The normalized spacial score (nSPS) is 12.5. The third kappa shape index (κ3) is 2.69. The molecule has 0 fully saturated rings. The van der Waals surface area contributed by atoms with Gasteiger partial charge in [0, 0.05) is 13.2 Å². The molecule has 15 heavy (non-hydrogen) atoms. The number of anilines is 1. The molecule has 1 rings (SSSR count). The van der Waals surface area contributed by atoms with Crippen LogP contribution in [0.1, 0.15) is 23.1 Å². The Morgan fingerprint density at radius 3 is 2.87 bits per heavy atom. The fourth-order valence-corrected chi connectivity index (χ4v) is 1.03. The van der Waals surface area contributed by atoms with E-state index in [-0.39, 0.29) is 24.1 Å². The second-order valence-electron chi connectivity index (χ2n) is 3.61. The van der Waals surface area contributed by atoms with Crippen molar-refractivity contribution in [1.29, 1.82) is 0 Å². The fraction of sp³-hybridized carbons (Fsp3) is 0.556. The van der Waals surface area contributed by atoms with Crippen molar-refractivity contribution in [1.82, 2.24) is 15.5 Å². The van der Waals surface area contributed by atoms with Crippen LogP contribution in [0.5, 0.6) is 0 Å². The summed E-state index contributed by atoms with van der Waals surface area (Å²) in [6, 6.07) is 0. The molecule has 1 amide bonds. The number of H-pyrrole nitrogens is 1. The van der Waals surface area contributed by atoms with E-state index in [0.717, 1.165) is 0 Å². The van der Waals surface area contributed by atoms with Gasteiger partial charge in [-0.2, -0.15) is 5.10 Å². The summed E-state index contributed by atoms with van der Waals surface area (Å²) in [6.07, 6.45) is 0. The van der Waals surface area contributed by atoms with Crippen LogP contribution in [-0.4, -0.2) is 34.4 Å². The van der Waals surface area contributed by atoms with Crippen LogP contribution in [0.3, 0.4) is 0 Å². The Morgan fingerprint density at radius 1 is 1.73 bits per heavy atom. The number of nitrogens with two attached hydrogens (primary N) is 1. The third-order valence-corrected chi connectivity index (χ3v) is 2.13. The molecule has 6 heteroatoms. The van der Waals surface area contributed by atoms with Gasteiger partial charge in [-0.3, -0.25) is 9.89 Å². The predicted molar refractivity (Wildman–Crippen MR) is 56.3 cm³/mol. The second-order valence-corrected chi connectivity index (χ2v) is 3.61. The summed E-state index contributed by atoms with van der Waals surface area (Å²) >= 11 is 0. The molecular weight excluding hydrogens is 196 g/mol. The van der Waals surface area contributed by atoms with Gasteiger partial charge in [0.05, 0.1) is 11.4 Å². The number of carbonyl (C=O) groups excluding carboxylic acids is 1. The Kier molecular flexibility index (Phi) is 3.68. The van der Waals surface area contributed by atoms with E-state index >= 15 is 0 Å². The van der Waals surface area contributed by atoms with Gasteiger partial charge in [-0.15, -0.1) is 0 Å². The largest absolute Gasteiger partial charge is 0.396 e. The molecule has 5 N–H and O–H groups in total. The Labute approximate surface area is 87.9 Å². The SMILES string of the molecule is Cc1[nH]nc(C(=O)NCC(C)CO)c1N. The molecule has 6 nitrogen and oxygen atoms in total. The van der Waals surface area contributed by atoms with E-state index in [0.29, 0.717) is 17.9 Å². The minimum Gasteiger partial charge on any atom is -0.396 e. The number of hydrogen-bond acceptors (Lipinski definition) is 4. The molecule has 84 valence electrons. The number of carbonyl (C=O) groups is 1. The Bertz CT molecular complexity index is 348. The number of aliphatic hydroxyl groups is 1. The first-order valence-electron chi connectivity index (χ1n) is 4.75. The lowest BCUT2D eigenvalue weighted by Gasteiger charge is -2.08. The summed E-state index contributed by atoms with van der Waals surface area (Å²) in [5.74, 6) is -0.299. The number of aliphatic hydroxyl groups excluding tert-OH is 1. The van der Waals surface area contributed by atoms with Crippen LogP contribution in [0.4, 0.5) is 5.69 Å². The van der Waals surface area contributed by atoms with Crippen LogP contribution in [0.25, 0.3) is 0 Å². The average molecular weight is 212 g/mol. The molecule has 0 aliphatic rings. The molecule has 0 aliphatic heterocycles. The van der Waals surface area contributed by atoms with E-state index in [4.69, 9.17) is 10.8 Å². The number of amides is 1. The minimum atomic E-state index is -0.322. The Hall–Kier alpha value is -1.56. The highest BCUT2D eigenvalue weighted by atomic mass is 16.3. The first-order valence-corrected chi connectivity index (χ1v) is 4.75. The minimum absolute atomic E-state index is 0.0233. The summed E-state index contributed by atoms with van der Waals surface area (Å²) < 4.78 is 0. The lowest BCUT2D eigenvalue weighted by atomic mass is 10.2. The maximum Gasteiger partial charge on any atom is 0.273 e. The molecule has 0 radical (unpaired) electrons. The number of nitrogens with zero attached hydrogens (tertiary/aromatic N) is 1. The zero-order valence-corrected chi connectivity index (χ0v) is 8.87. The highest BCUT2D eigenvalue weighted by Gasteiger charge is 2.15. The summed E-state index contributed by atoms with van der Waals surface area (Å²) in [6.45, 7) is 4.02. The average Bonchev–Trinajstić information content (AvgIpc) is 2.56. The van der Waals surface area contributed by atoms with E-state index in [9.17, 15) is 4.79 Å². The number of aromatic amines is 1. The molecular formula is C9H16N4O2. The van der Waals surface area contributed by atoms with Crippen LogP contribution < -0.4 is 11.1 Å². The molecule has 1 atom stereocenters. The lowest BCUT2D eigenvalue weighted by Crippen LogP contribution is -2.30. The number of nitrogen functional groups attached to an aromatic ring is 1. The molecule has 1 unspecified atom stereocenters. The second kappa shape index (κ2) is 4.79. The van der Waals surface area contributed by atoms with Gasteiger partial charge in [0.25, 0.3) is 5.91 Å². The zero-order chi connectivity index (χ0) is 11.4. The van der Waals surface area contributed by atoms with Crippen LogP contribution in [0.15, 0.2) is 0 Å². The van der Waals surface area contributed by atoms with Crippen molar-refractivity contribution in [2.24, 2.45) is 5.92 Å². The third-order valence-electron chi connectivity index (χ3n) is 2.13. The number of rotatable bonds is 4. The summed E-state index contributed by atoms with van der Waals surface area (Å²) in [5.41, 5.74) is 6.89. The lowest BCUT2D eigenvalue weighted by molar-refractivity contribution is 0.0938. The van der Waals surface area contributed by atoms with Crippen molar-refractivity contribution < 1.29 is 9.90 Å². The zero-order valence-electron chi connectivity index (χ0n) is 8.87. The van der Waals surface area contributed by atoms with Crippen LogP contribution >= 0.6 is 0 Å². The van der Waals surface area contributed by atoms with Crippen molar-refractivity contribution >= 4 is 11.6 Å². The van der Waals surface area contributed by atoms with Crippen molar-refractivity contribution in [3.8, 4) is 0 Å². The molecule has 1 aromatic rings. The van der Waals surface area contributed by atoms with E-state index in [2.05, 4.69) is 15.5 Å². The standard InChI is InChI=1S/C9H16N4O2/c1-5(4-14)3-11-9(15)8-7(10)6(2)12-13-8/h5,14H,3-4,10H2,1-2H3,(H,11,15)(H,12,13). The summed E-state index contributed by atoms with van der Waals surface area (Å²) in [7, 11) is 0. The van der Waals surface area contributed by atoms with Crippen molar-refractivity contribution in [3.05, 3.63) is 11.4 Å². The van der Waals surface area contributed by atoms with Gasteiger partial charge in [0.2, 0.25) is 0 Å².